The number of carbonyl (C=O) groups excluding carboxylic acids is 1. The first kappa shape index (κ1) is 15.1. The predicted molar refractivity (Wildman–Crippen MR) is 99.3 cm³/mol. The molecule has 1 heterocycles. The van der Waals surface area contributed by atoms with Crippen LogP contribution >= 0.6 is 54.7 Å². The molecule has 0 spiro atoms. The van der Waals surface area contributed by atoms with Gasteiger partial charge in [-0.1, -0.05) is 18.2 Å². The van der Waals surface area contributed by atoms with Gasteiger partial charge in [-0.25, -0.2) is 3.11 Å². The lowest BCUT2D eigenvalue weighted by atomic mass is 10.0. The summed E-state index contributed by atoms with van der Waals surface area (Å²) in [6, 6.07) is 11.2. The molecule has 1 amide bonds. The van der Waals surface area contributed by atoms with Crippen molar-refractivity contribution in [2.75, 3.05) is 3.11 Å². The van der Waals surface area contributed by atoms with Crippen LogP contribution in [0.25, 0.3) is 11.6 Å². The summed E-state index contributed by atoms with van der Waals surface area (Å²) in [5.74, 6) is 0.0999. The molecule has 0 saturated heterocycles. The monoisotopic (exact) mass is 519 g/mol. The summed E-state index contributed by atoms with van der Waals surface area (Å²) in [6.45, 7) is 0. The molecular weight excluding hydrogens is 513 g/mol. The highest BCUT2D eigenvalue weighted by molar-refractivity contribution is 14.1. The molecule has 3 nitrogen and oxygen atoms in total. The minimum Gasteiger partial charge on any atom is -0.506 e. The third kappa shape index (κ3) is 2.64. The van der Waals surface area contributed by atoms with Gasteiger partial charge in [0.15, 0.2) is 0 Å². The zero-order chi connectivity index (χ0) is 15.1. The lowest BCUT2D eigenvalue weighted by molar-refractivity contribution is -0.111. The third-order valence-corrected chi connectivity index (χ3v) is 5.33. The van der Waals surface area contributed by atoms with Gasteiger partial charge >= 0.3 is 0 Å². The Morgan fingerprint density at radius 2 is 1.76 bits per heavy atom. The maximum absolute atomic E-state index is 12.4. The zero-order valence-electron chi connectivity index (χ0n) is 10.5. The fraction of sp³-hybridized carbons (Fsp3) is 0. The van der Waals surface area contributed by atoms with Crippen LogP contribution in [0.3, 0.4) is 0 Å². The van der Waals surface area contributed by atoms with Crippen LogP contribution in [0.1, 0.15) is 11.1 Å². The number of carbonyl (C=O) groups is 1. The van der Waals surface area contributed by atoms with E-state index in [-0.39, 0.29) is 11.7 Å². The van der Waals surface area contributed by atoms with Crippen LogP contribution in [-0.4, -0.2) is 11.0 Å². The summed E-state index contributed by atoms with van der Waals surface area (Å²) in [4.78, 5) is 12.4. The molecule has 21 heavy (non-hydrogen) atoms. The van der Waals surface area contributed by atoms with Gasteiger partial charge in [-0.15, -0.1) is 0 Å². The number of rotatable bonds is 1. The molecule has 1 N–H and O–H groups in total. The summed E-state index contributed by atoms with van der Waals surface area (Å²) in [5.41, 5.74) is 3.28. The van der Waals surface area contributed by atoms with Gasteiger partial charge in [0, 0.05) is 5.56 Å². The molecule has 0 aromatic heterocycles. The predicted octanol–water partition coefficient (Wildman–Crippen LogP) is 5.15. The Bertz CT molecular complexity index is 766. The first-order valence-electron chi connectivity index (χ1n) is 5.98. The van der Waals surface area contributed by atoms with E-state index in [1.807, 2.05) is 53.2 Å². The third-order valence-electron chi connectivity index (χ3n) is 3.16. The summed E-state index contributed by atoms with van der Waals surface area (Å²) in [7, 11) is 0. The Morgan fingerprint density at radius 3 is 2.43 bits per heavy atom. The number of phenols is 1. The fourth-order valence-corrected chi connectivity index (χ4v) is 4.08. The molecule has 2 aromatic carbocycles. The SMILES string of the molecule is O=C1C(=Cc2cc(Br)c(O)c(Br)c2)c2ccccc2N1I. The van der Waals surface area contributed by atoms with Gasteiger partial charge in [-0.3, -0.25) is 4.79 Å². The van der Waals surface area contributed by atoms with Crippen molar-refractivity contribution in [3.05, 3.63) is 56.5 Å². The summed E-state index contributed by atoms with van der Waals surface area (Å²) >= 11 is 8.61. The van der Waals surface area contributed by atoms with Gasteiger partial charge < -0.3 is 5.11 Å². The van der Waals surface area contributed by atoms with Gasteiger partial charge in [0.25, 0.3) is 5.91 Å². The van der Waals surface area contributed by atoms with E-state index in [1.54, 1.807) is 15.2 Å². The first-order valence-corrected chi connectivity index (χ1v) is 8.53. The lowest BCUT2D eigenvalue weighted by Gasteiger charge is -2.05. The fourth-order valence-electron chi connectivity index (χ4n) is 2.18. The molecule has 0 atom stereocenters. The van der Waals surface area contributed by atoms with E-state index in [0.29, 0.717) is 14.5 Å². The van der Waals surface area contributed by atoms with E-state index < -0.39 is 0 Å². The number of nitrogens with zero attached hydrogens (tertiary/aromatic N) is 1. The molecule has 3 rings (SSSR count). The number of hydrogen-bond acceptors (Lipinski definition) is 2. The molecule has 6 heteroatoms. The highest BCUT2D eigenvalue weighted by atomic mass is 127. The van der Waals surface area contributed by atoms with E-state index in [2.05, 4.69) is 31.9 Å². The van der Waals surface area contributed by atoms with E-state index in [4.69, 9.17) is 0 Å². The molecule has 0 saturated carbocycles. The Kier molecular flexibility index (Phi) is 4.11. The number of hydrogen-bond donors (Lipinski definition) is 1. The van der Waals surface area contributed by atoms with Crippen LogP contribution < -0.4 is 3.11 Å². The lowest BCUT2D eigenvalue weighted by Crippen LogP contribution is -2.12. The quantitative estimate of drug-likeness (QED) is 0.321. The van der Waals surface area contributed by atoms with Gasteiger partial charge in [0.2, 0.25) is 0 Å². The van der Waals surface area contributed by atoms with Crippen molar-refractivity contribution in [2.45, 2.75) is 0 Å². The van der Waals surface area contributed by atoms with Crippen molar-refractivity contribution >= 4 is 78.0 Å². The van der Waals surface area contributed by atoms with Crippen LogP contribution in [-0.2, 0) is 4.79 Å². The van der Waals surface area contributed by atoms with Gasteiger partial charge in [-0.2, -0.15) is 0 Å². The summed E-state index contributed by atoms with van der Waals surface area (Å²) in [6.07, 6.45) is 1.83. The van der Waals surface area contributed by atoms with Crippen LogP contribution in [0.4, 0.5) is 5.69 Å². The van der Waals surface area contributed by atoms with E-state index in [1.165, 1.54) is 0 Å². The van der Waals surface area contributed by atoms with Crippen LogP contribution in [0.15, 0.2) is 45.3 Å². The van der Waals surface area contributed by atoms with Crippen LogP contribution in [0, 0.1) is 0 Å². The van der Waals surface area contributed by atoms with Crippen molar-refractivity contribution in [2.24, 2.45) is 0 Å². The number of benzene rings is 2. The van der Waals surface area contributed by atoms with Crippen molar-refractivity contribution in [1.82, 2.24) is 0 Å². The van der Waals surface area contributed by atoms with Crippen molar-refractivity contribution in [3.63, 3.8) is 0 Å². The Hall–Kier alpha value is -0.860. The Labute approximate surface area is 152 Å². The molecule has 0 unspecified atom stereocenters. The molecule has 1 aliphatic rings. The van der Waals surface area contributed by atoms with Gasteiger partial charge in [0.1, 0.15) is 5.75 Å². The molecule has 0 radical (unpaired) electrons. The van der Waals surface area contributed by atoms with Crippen molar-refractivity contribution in [1.29, 1.82) is 0 Å². The molecule has 2 aromatic rings. The number of aromatic hydroxyl groups is 1. The topological polar surface area (TPSA) is 40.5 Å². The molecule has 0 aliphatic carbocycles. The second kappa shape index (κ2) is 5.73. The summed E-state index contributed by atoms with van der Waals surface area (Å²) in [5, 5.41) is 9.75. The average Bonchev–Trinajstić information content (AvgIpc) is 2.70. The number of anilines is 1. The number of halogens is 3. The summed E-state index contributed by atoms with van der Waals surface area (Å²) < 4.78 is 2.77. The smallest absolute Gasteiger partial charge is 0.267 e. The molecule has 0 bridgehead atoms. The second-order valence-electron chi connectivity index (χ2n) is 4.49. The van der Waals surface area contributed by atoms with E-state index in [0.717, 1.165) is 16.8 Å². The number of para-hydroxylation sites is 1. The van der Waals surface area contributed by atoms with Crippen molar-refractivity contribution in [3.8, 4) is 5.75 Å². The highest BCUT2D eigenvalue weighted by Crippen LogP contribution is 2.40. The zero-order valence-corrected chi connectivity index (χ0v) is 15.8. The van der Waals surface area contributed by atoms with Crippen LogP contribution in [0.2, 0.25) is 0 Å². The number of fused-ring (bicyclic) bond motifs is 1. The normalized spacial score (nSPS) is 15.7. The minimum absolute atomic E-state index is 0.0443. The Balaban J connectivity index is 2.14. The maximum atomic E-state index is 12.4. The largest absolute Gasteiger partial charge is 0.506 e. The molecule has 1 aliphatic heterocycles. The van der Waals surface area contributed by atoms with Gasteiger partial charge in [0.05, 0.1) is 43.1 Å². The van der Waals surface area contributed by atoms with Crippen molar-refractivity contribution < 1.29 is 9.90 Å². The molecule has 0 fully saturated rings. The first-order chi connectivity index (χ1) is 9.99. The minimum atomic E-state index is -0.0443. The van der Waals surface area contributed by atoms with E-state index in [9.17, 15) is 9.90 Å². The van der Waals surface area contributed by atoms with Gasteiger partial charge in [-0.05, 0) is 61.7 Å². The molecular formula is C15H8Br2INO2. The highest BCUT2D eigenvalue weighted by Gasteiger charge is 2.30. The Morgan fingerprint density at radius 1 is 1.14 bits per heavy atom. The van der Waals surface area contributed by atoms with Crippen LogP contribution in [0.5, 0.6) is 5.75 Å². The second-order valence-corrected chi connectivity index (χ2v) is 7.17. The maximum Gasteiger partial charge on any atom is 0.267 e. The molecule has 106 valence electrons. The number of phenolic OH excluding ortho intramolecular Hbond substituents is 1. The standard InChI is InChI=1S/C15H8Br2INO2/c16-11-6-8(7-12(17)14(11)20)5-10-9-3-1-2-4-13(9)19(18)15(10)21/h1-7,20H. The van der Waals surface area contributed by atoms with E-state index >= 15 is 0 Å². The number of amides is 1. The average molecular weight is 521 g/mol.